The molecule has 0 aromatic heterocycles. The number of nitrogens with one attached hydrogen (secondary N) is 1. The van der Waals surface area contributed by atoms with Crippen LogP contribution in [0.15, 0.2) is 0 Å². The molecule has 2 N–H and O–H groups in total. The molecule has 0 radical (unpaired) electrons. The first-order valence-electron chi connectivity index (χ1n) is 5.61. The number of carbonyl (C=O) groups excluding carboxylic acids is 1. The fraction of sp³-hybridized carbons (Fsp3) is 0.818. The van der Waals surface area contributed by atoms with Crippen LogP contribution in [0.3, 0.4) is 0 Å². The molecule has 15 heavy (non-hydrogen) atoms. The minimum absolute atomic E-state index is 0.0304. The Hall–Kier alpha value is -1.06. The van der Waals surface area contributed by atoms with Crippen LogP contribution in [-0.4, -0.2) is 23.5 Å². The number of hydrogen-bond acceptors (Lipinski definition) is 2. The van der Waals surface area contributed by atoms with Crippen molar-refractivity contribution < 1.29 is 14.7 Å². The molecule has 0 aromatic carbocycles. The van der Waals surface area contributed by atoms with E-state index in [2.05, 4.69) is 5.32 Å². The van der Waals surface area contributed by atoms with Gasteiger partial charge in [-0.05, 0) is 12.8 Å². The molecule has 0 aromatic rings. The van der Waals surface area contributed by atoms with Gasteiger partial charge < -0.3 is 10.4 Å². The Morgan fingerprint density at radius 2 is 1.93 bits per heavy atom. The van der Waals surface area contributed by atoms with Crippen LogP contribution < -0.4 is 5.32 Å². The van der Waals surface area contributed by atoms with Gasteiger partial charge in [-0.25, -0.2) is 0 Å². The van der Waals surface area contributed by atoms with E-state index in [1.165, 1.54) is 6.42 Å². The maximum atomic E-state index is 11.6. The maximum Gasteiger partial charge on any atom is 0.308 e. The van der Waals surface area contributed by atoms with Gasteiger partial charge in [-0.1, -0.05) is 26.2 Å². The van der Waals surface area contributed by atoms with E-state index in [-0.39, 0.29) is 18.4 Å². The van der Waals surface area contributed by atoms with Gasteiger partial charge in [-0.2, -0.15) is 0 Å². The van der Waals surface area contributed by atoms with Crippen LogP contribution in [0.5, 0.6) is 0 Å². The van der Waals surface area contributed by atoms with Crippen molar-refractivity contribution in [2.24, 2.45) is 11.8 Å². The summed E-state index contributed by atoms with van der Waals surface area (Å²) >= 11 is 0. The van der Waals surface area contributed by atoms with Gasteiger partial charge in [0.05, 0.1) is 5.92 Å². The zero-order chi connectivity index (χ0) is 11.3. The van der Waals surface area contributed by atoms with Crippen LogP contribution in [-0.2, 0) is 9.59 Å². The van der Waals surface area contributed by atoms with Crippen molar-refractivity contribution in [1.29, 1.82) is 0 Å². The smallest absolute Gasteiger partial charge is 0.308 e. The second-order valence-electron chi connectivity index (χ2n) is 4.32. The lowest BCUT2D eigenvalue weighted by Gasteiger charge is -2.21. The van der Waals surface area contributed by atoms with Crippen molar-refractivity contribution in [3.63, 3.8) is 0 Å². The average molecular weight is 213 g/mol. The predicted octanol–water partition coefficient (Wildman–Crippen LogP) is 1.40. The van der Waals surface area contributed by atoms with E-state index in [1.807, 2.05) is 0 Å². The van der Waals surface area contributed by atoms with Gasteiger partial charge in [0.2, 0.25) is 5.91 Å². The summed E-state index contributed by atoms with van der Waals surface area (Å²) in [6.07, 6.45) is 5.36. The first-order valence-corrected chi connectivity index (χ1v) is 5.61. The molecule has 1 fully saturated rings. The number of rotatable bonds is 4. The summed E-state index contributed by atoms with van der Waals surface area (Å²) in [5.74, 6) is -1.22. The fourth-order valence-electron chi connectivity index (χ4n) is 1.85. The first-order chi connectivity index (χ1) is 7.11. The van der Waals surface area contributed by atoms with Crippen LogP contribution in [0.2, 0.25) is 0 Å². The Morgan fingerprint density at radius 1 is 1.33 bits per heavy atom. The van der Waals surface area contributed by atoms with Crippen molar-refractivity contribution in [3.05, 3.63) is 0 Å². The monoisotopic (exact) mass is 213 g/mol. The third-order valence-electron chi connectivity index (χ3n) is 2.98. The summed E-state index contributed by atoms with van der Waals surface area (Å²) in [7, 11) is 0. The summed E-state index contributed by atoms with van der Waals surface area (Å²) in [5.41, 5.74) is 0. The zero-order valence-electron chi connectivity index (χ0n) is 9.16. The normalized spacial score (nSPS) is 19.5. The van der Waals surface area contributed by atoms with Crippen molar-refractivity contribution >= 4 is 11.9 Å². The molecule has 1 amide bonds. The minimum atomic E-state index is -0.862. The highest BCUT2D eigenvalue weighted by molar-refractivity contribution is 5.79. The molecule has 1 saturated carbocycles. The molecule has 0 spiro atoms. The van der Waals surface area contributed by atoms with Gasteiger partial charge in [0.15, 0.2) is 0 Å². The summed E-state index contributed by atoms with van der Waals surface area (Å²) in [5, 5.41) is 11.4. The Balaban J connectivity index is 2.25. The lowest BCUT2D eigenvalue weighted by atomic mass is 9.88. The van der Waals surface area contributed by atoms with Crippen LogP contribution in [0.1, 0.15) is 39.0 Å². The Kier molecular flexibility index (Phi) is 4.59. The Morgan fingerprint density at radius 3 is 2.47 bits per heavy atom. The molecule has 86 valence electrons. The molecular weight excluding hydrogens is 194 g/mol. The predicted molar refractivity (Wildman–Crippen MR) is 56.4 cm³/mol. The van der Waals surface area contributed by atoms with E-state index in [1.54, 1.807) is 6.92 Å². The highest BCUT2D eigenvalue weighted by Gasteiger charge is 2.21. The van der Waals surface area contributed by atoms with E-state index in [4.69, 9.17) is 5.11 Å². The molecule has 4 heteroatoms. The van der Waals surface area contributed by atoms with Crippen LogP contribution in [0.4, 0.5) is 0 Å². The SMILES string of the molecule is CC(CNC(=O)C1CCCCC1)C(=O)O. The van der Waals surface area contributed by atoms with Gasteiger partial charge in [0.1, 0.15) is 0 Å². The van der Waals surface area contributed by atoms with Crippen molar-refractivity contribution in [2.45, 2.75) is 39.0 Å². The van der Waals surface area contributed by atoms with Crippen LogP contribution >= 0.6 is 0 Å². The maximum absolute atomic E-state index is 11.6. The molecule has 1 atom stereocenters. The Bertz CT molecular complexity index is 234. The first kappa shape index (κ1) is 12.0. The summed E-state index contributed by atoms with van der Waals surface area (Å²) < 4.78 is 0. The third-order valence-corrected chi connectivity index (χ3v) is 2.98. The molecule has 0 bridgehead atoms. The number of aliphatic carboxylic acids is 1. The van der Waals surface area contributed by atoms with E-state index < -0.39 is 11.9 Å². The van der Waals surface area contributed by atoms with Crippen molar-refractivity contribution in [1.82, 2.24) is 5.32 Å². The molecule has 0 heterocycles. The third kappa shape index (κ3) is 3.90. The second-order valence-corrected chi connectivity index (χ2v) is 4.32. The van der Waals surface area contributed by atoms with E-state index in [9.17, 15) is 9.59 Å². The lowest BCUT2D eigenvalue weighted by Crippen LogP contribution is -2.36. The average Bonchev–Trinajstić information content (AvgIpc) is 2.26. The van der Waals surface area contributed by atoms with E-state index in [0.29, 0.717) is 0 Å². The number of carbonyl (C=O) groups is 2. The second kappa shape index (κ2) is 5.73. The molecule has 1 aliphatic rings. The highest BCUT2D eigenvalue weighted by atomic mass is 16.4. The summed E-state index contributed by atoms with van der Waals surface area (Å²) in [6.45, 7) is 1.84. The molecule has 4 nitrogen and oxygen atoms in total. The van der Waals surface area contributed by atoms with Crippen LogP contribution in [0, 0.1) is 11.8 Å². The molecule has 1 rings (SSSR count). The van der Waals surface area contributed by atoms with Gasteiger partial charge in [-0.15, -0.1) is 0 Å². The summed E-state index contributed by atoms with van der Waals surface area (Å²) in [6, 6.07) is 0. The highest BCUT2D eigenvalue weighted by Crippen LogP contribution is 2.23. The van der Waals surface area contributed by atoms with Gasteiger partial charge in [-0.3, -0.25) is 9.59 Å². The standard InChI is InChI=1S/C11H19NO3/c1-8(11(14)15)7-12-10(13)9-5-3-2-4-6-9/h8-9H,2-7H2,1H3,(H,12,13)(H,14,15). The Labute approximate surface area is 90.0 Å². The van der Waals surface area contributed by atoms with Crippen molar-refractivity contribution in [2.75, 3.05) is 6.54 Å². The van der Waals surface area contributed by atoms with Gasteiger partial charge in [0, 0.05) is 12.5 Å². The quantitative estimate of drug-likeness (QED) is 0.742. The number of amides is 1. The number of carboxylic acids is 1. The van der Waals surface area contributed by atoms with Gasteiger partial charge in [0.25, 0.3) is 0 Å². The molecule has 1 aliphatic carbocycles. The molecule has 1 unspecified atom stereocenters. The molecule has 0 saturated heterocycles. The molecular formula is C11H19NO3. The number of hydrogen-bond donors (Lipinski definition) is 2. The largest absolute Gasteiger partial charge is 0.481 e. The van der Waals surface area contributed by atoms with Gasteiger partial charge >= 0.3 is 5.97 Å². The number of carboxylic acid groups (broad SMARTS) is 1. The van der Waals surface area contributed by atoms with E-state index in [0.717, 1.165) is 25.7 Å². The van der Waals surface area contributed by atoms with E-state index >= 15 is 0 Å². The fourth-order valence-corrected chi connectivity index (χ4v) is 1.85. The zero-order valence-corrected chi connectivity index (χ0v) is 9.16. The van der Waals surface area contributed by atoms with Crippen molar-refractivity contribution in [3.8, 4) is 0 Å². The lowest BCUT2D eigenvalue weighted by molar-refractivity contribution is -0.141. The topological polar surface area (TPSA) is 66.4 Å². The minimum Gasteiger partial charge on any atom is -0.481 e. The summed E-state index contributed by atoms with van der Waals surface area (Å²) in [4.78, 5) is 22.2. The van der Waals surface area contributed by atoms with Crippen LogP contribution in [0.25, 0.3) is 0 Å². The molecule has 0 aliphatic heterocycles.